The highest BCUT2D eigenvalue weighted by molar-refractivity contribution is 5.89. The Labute approximate surface area is 134 Å². The molecule has 1 aromatic carbocycles. The Hall–Kier alpha value is -2.11. The van der Waals surface area contributed by atoms with E-state index in [0.29, 0.717) is 13.0 Å². The first-order valence-corrected chi connectivity index (χ1v) is 6.88. The highest BCUT2D eigenvalue weighted by atomic mass is 35.5. The normalized spacial score (nSPS) is 14.0. The second-order valence-electron chi connectivity index (χ2n) is 5.26. The van der Waals surface area contributed by atoms with Crippen LogP contribution in [0, 0.1) is 0 Å². The summed E-state index contributed by atoms with van der Waals surface area (Å²) in [5.41, 5.74) is 2.45. The third-order valence-corrected chi connectivity index (χ3v) is 3.78. The maximum absolute atomic E-state index is 11.5. The summed E-state index contributed by atoms with van der Waals surface area (Å²) in [6, 6.07) is 11.2. The number of aromatic amines is 1. The number of pyridine rings is 1. The number of benzene rings is 1. The summed E-state index contributed by atoms with van der Waals surface area (Å²) in [6.45, 7) is 2.13. The SMILES string of the molecule is Cl.O=C(O)c1cc(=O)[nH]c2c1CN(Cc1ccccc1)CC2. The minimum Gasteiger partial charge on any atom is -0.478 e. The molecule has 0 amide bonds. The minimum atomic E-state index is -1.04. The highest BCUT2D eigenvalue weighted by Gasteiger charge is 2.23. The summed E-state index contributed by atoms with van der Waals surface area (Å²) in [6.07, 6.45) is 0.665. The number of hydrogen-bond acceptors (Lipinski definition) is 3. The molecule has 3 rings (SSSR count). The van der Waals surface area contributed by atoms with Crippen molar-refractivity contribution in [2.75, 3.05) is 6.54 Å². The quantitative estimate of drug-likeness (QED) is 0.908. The van der Waals surface area contributed by atoms with E-state index in [2.05, 4.69) is 22.0 Å². The van der Waals surface area contributed by atoms with Gasteiger partial charge < -0.3 is 10.1 Å². The number of nitrogens with zero attached hydrogens (tertiary/aromatic N) is 1. The van der Waals surface area contributed by atoms with E-state index in [1.54, 1.807) is 0 Å². The van der Waals surface area contributed by atoms with Crippen LogP contribution in [0.2, 0.25) is 0 Å². The van der Waals surface area contributed by atoms with Gasteiger partial charge in [0.15, 0.2) is 0 Å². The van der Waals surface area contributed by atoms with Gasteiger partial charge in [0.1, 0.15) is 0 Å². The summed E-state index contributed by atoms with van der Waals surface area (Å²) in [5.74, 6) is -1.04. The molecule has 2 aromatic rings. The molecule has 1 aliphatic heterocycles. The van der Waals surface area contributed by atoms with Crippen LogP contribution in [-0.4, -0.2) is 27.5 Å². The van der Waals surface area contributed by atoms with E-state index in [1.165, 1.54) is 11.6 Å². The van der Waals surface area contributed by atoms with Crippen LogP contribution in [0.5, 0.6) is 0 Å². The molecule has 1 aromatic heterocycles. The molecule has 1 aliphatic rings. The lowest BCUT2D eigenvalue weighted by atomic mass is 9.99. The molecule has 0 radical (unpaired) electrons. The van der Waals surface area contributed by atoms with Gasteiger partial charge in [-0.1, -0.05) is 30.3 Å². The second-order valence-corrected chi connectivity index (χ2v) is 5.26. The molecule has 116 valence electrons. The molecule has 0 unspecified atom stereocenters. The molecule has 0 aliphatic carbocycles. The van der Waals surface area contributed by atoms with Crippen molar-refractivity contribution in [3.63, 3.8) is 0 Å². The fourth-order valence-corrected chi connectivity index (χ4v) is 2.77. The number of halogens is 1. The Morgan fingerprint density at radius 2 is 2.00 bits per heavy atom. The molecule has 2 heterocycles. The van der Waals surface area contributed by atoms with Gasteiger partial charge in [0.25, 0.3) is 0 Å². The molecule has 0 fully saturated rings. The molecular formula is C16H17ClN2O3. The summed E-state index contributed by atoms with van der Waals surface area (Å²) in [5, 5.41) is 9.27. The van der Waals surface area contributed by atoms with Crippen LogP contribution in [0.15, 0.2) is 41.2 Å². The number of fused-ring (bicyclic) bond motifs is 1. The van der Waals surface area contributed by atoms with Gasteiger partial charge >= 0.3 is 5.97 Å². The van der Waals surface area contributed by atoms with E-state index in [0.717, 1.165) is 24.3 Å². The van der Waals surface area contributed by atoms with E-state index in [9.17, 15) is 14.7 Å². The van der Waals surface area contributed by atoms with Crippen molar-refractivity contribution in [2.24, 2.45) is 0 Å². The number of hydrogen-bond donors (Lipinski definition) is 2. The average Bonchev–Trinajstić information content (AvgIpc) is 2.47. The van der Waals surface area contributed by atoms with E-state index in [4.69, 9.17) is 0 Å². The third kappa shape index (κ3) is 3.37. The van der Waals surface area contributed by atoms with Crippen LogP contribution < -0.4 is 5.56 Å². The van der Waals surface area contributed by atoms with Gasteiger partial charge in [-0.2, -0.15) is 0 Å². The molecule has 5 nitrogen and oxygen atoms in total. The summed E-state index contributed by atoms with van der Waals surface area (Å²) in [4.78, 5) is 27.8. The molecule has 0 saturated heterocycles. The van der Waals surface area contributed by atoms with Crippen molar-refractivity contribution in [3.05, 3.63) is 69.1 Å². The Bertz CT molecular complexity index is 728. The first kappa shape index (κ1) is 16.3. The number of aromatic nitrogens is 1. The zero-order valence-electron chi connectivity index (χ0n) is 11.9. The van der Waals surface area contributed by atoms with Crippen molar-refractivity contribution < 1.29 is 9.90 Å². The Kier molecular flexibility index (Phi) is 5.00. The lowest BCUT2D eigenvalue weighted by Crippen LogP contribution is -2.33. The molecule has 22 heavy (non-hydrogen) atoms. The number of carboxylic acids is 1. The van der Waals surface area contributed by atoms with E-state index in [1.807, 2.05) is 18.2 Å². The van der Waals surface area contributed by atoms with Crippen LogP contribution in [0.1, 0.15) is 27.2 Å². The Balaban J connectivity index is 0.00000176. The first-order chi connectivity index (χ1) is 10.1. The molecule has 0 spiro atoms. The first-order valence-electron chi connectivity index (χ1n) is 6.88. The molecule has 0 atom stereocenters. The van der Waals surface area contributed by atoms with Crippen molar-refractivity contribution in [1.29, 1.82) is 0 Å². The van der Waals surface area contributed by atoms with Gasteiger partial charge in [0, 0.05) is 43.4 Å². The molecule has 6 heteroatoms. The zero-order chi connectivity index (χ0) is 14.8. The van der Waals surface area contributed by atoms with E-state index < -0.39 is 5.97 Å². The second kappa shape index (κ2) is 6.77. The third-order valence-electron chi connectivity index (χ3n) is 3.78. The zero-order valence-corrected chi connectivity index (χ0v) is 12.7. The van der Waals surface area contributed by atoms with Crippen molar-refractivity contribution in [3.8, 4) is 0 Å². The molecule has 0 saturated carbocycles. The molecule has 2 N–H and O–H groups in total. The van der Waals surface area contributed by atoms with Crippen LogP contribution in [0.4, 0.5) is 0 Å². The summed E-state index contributed by atoms with van der Waals surface area (Å²) in [7, 11) is 0. The van der Waals surface area contributed by atoms with E-state index in [-0.39, 0.29) is 23.5 Å². The summed E-state index contributed by atoms with van der Waals surface area (Å²) < 4.78 is 0. The van der Waals surface area contributed by atoms with Crippen LogP contribution in [-0.2, 0) is 19.5 Å². The lowest BCUT2D eigenvalue weighted by molar-refractivity contribution is 0.0693. The van der Waals surface area contributed by atoms with Crippen molar-refractivity contribution in [1.82, 2.24) is 9.88 Å². The van der Waals surface area contributed by atoms with Gasteiger partial charge in [-0.15, -0.1) is 12.4 Å². The number of H-pyrrole nitrogens is 1. The molecular weight excluding hydrogens is 304 g/mol. The van der Waals surface area contributed by atoms with Gasteiger partial charge in [0.2, 0.25) is 5.56 Å². The smallest absolute Gasteiger partial charge is 0.336 e. The Morgan fingerprint density at radius 3 is 2.68 bits per heavy atom. The average molecular weight is 321 g/mol. The van der Waals surface area contributed by atoms with Crippen molar-refractivity contribution in [2.45, 2.75) is 19.5 Å². The van der Waals surface area contributed by atoms with E-state index >= 15 is 0 Å². The predicted molar refractivity (Wildman–Crippen MR) is 85.5 cm³/mol. The fourth-order valence-electron chi connectivity index (χ4n) is 2.77. The van der Waals surface area contributed by atoms with Gasteiger partial charge in [-0.05, 0) is 5.56 Å². The standard InChI is InChI=1S/C16H16N2O3.ClH/c19-15-8-12(16(20)21)13-10-18(7-6-14(13)17-15)9-11-4-2-1-3-5-11;/h1-5,8H,6-7,9-10H2,(H,17,19)(H,20,21);1H. The highest BCUT2D eigenvalue weighted by Crippen LogP contribution is 2.21. The predicted octanol–water partition coefficient (Wildman–Crippen LogP) is 2.05. The van der Waals surface area contributed by atoms with Crippen LogP contribution >= 0.6 is 12.4 Å². The van der Waals surface area contributed by atoms with Crippen LogP contribution in [0.25, 0.3) is 0 Å². The summed E-state index contributed by atoms with van der Waals surface area (Å²) >= 11 is 0. The maximum atomic E-state index is 11.5. The van der Waals surface area contributed by atoms with Gasteiger partial charge in [-0.25, -0.2) is 4.79 Å². The number of carbonyl (C=O) groups is 1. The van der Waals surface area contributed by atoms with Gasteiger partial charge in [-0.3, -0.25) is 9.69 Å². The van der Waals surface area contributed by atoms with Crippen LogP contribution in [0.3, 0.4) is 0 Å². The number of rotatable bonds is 3. The fraction of sp³-hybridized carbons (Fsp3) is 0.250. The largest absolute Gasteiger partial charge is 0.478 e. The lowest BCUT2D eigenvalue weighted by Gasteiger charge is -2.29. The monoisotopic (exact) mass is 320 g/mol. The minimum absolute atomic E-state index is 0. The van der Waals surface area contributed by atoms with Crippen molar-refractivity contribution >= 4 is 18.4 Å². The van der Waals surface area contributed by atoms with Gasteiger partial charge in [0.05, 0.1) is 5.56 Å². The maximum Gasteiger partial charge on any atom is 0.336 e. The number of nitrogens with one attached hydrogen (secondary N) is 1. The number of aromatic carboxylic acids is 1. The topological polar surface area (TPSA) is 73.4 Å². The number of carboxylic acid groups (broad SMARTS) is 1. The Morgan fingerprint density at radius 1 is 1.27 bits per heavy atom. The molecule has 0 bridgehead atoms.